The topological polar surface area (TPSA) is 115 Å². The third-order valence-corrected chi connectivity index (χ3v) is 7.26. The number of aryl methyl sites for hydroxylation is 4. The molecule has 3 aromatic heterocycles. The lowest BCUT2D eigenvalue weighted by Gasteiger charge is -2.25. The lowest BCUT2D eigenvalue weighted by atomic mass is 10.2. The minimum Gasteiger partial charge on any atom is -0.345 e. The Morgan fingerprint density at radius 2 is 1.62 bits per heavy atom. The molecule has 170 valence electrons. The fraction of sp³-hybridized carbons (Fsp3) is 0.429. The molecule has 1 aliphatic rings. The van der Waals surface area contributed by atoms with E-state index in [1.54, 1.807) is 20.0 Å². The summed E-state index contributed by atoms with van der Waals surface area (Å²) in [6.45, 7) is 6.54. The van der Waals surface area contributed by atoms with Crippen LogP contribution in [0.25, 0.3) is 5.95 Å². The smallest absolute Gasteiger partial charge is 0.273 e. The van der Waals surface area contributed by atoms with Crippen LogP contribution in [-0.4, -0.2) is 56.0 Å². The molecule has 0 aromatic carbocycles. The van der Waals surface area contributed by atoms with E-state index < -0.39 is 15.9 Å². The van der Waals surface area contributed by atoms with Crippen LogP contribution in [0.4, 0.5) is 5.82 Å². The number of carbonyl (C=O) groups excluding carboxylic acids is 1. The first-order valence-electron chi connectivity index (χ1n) is 10.5. The molecule has 1 N–H and O–H groups in total. The van der Waals surface area contributed by atoms with Gasteiger partial charge < -0.3 is 9.88 Å². The summed E-state index contributed by atoms with van der Waals surface area (Å²) in [5, 5.41) is 7.23. The van der Waals surface area contributed by atoms with E-state index >= 15 is 0 Å². The van der Waals surface area contributed by atoms with Crippen LogP contribution in [0.15, 0.2) is 29.3 Å². The van der Waals surface area contributed by atoms with Crippen LogP contribution in [0.1, 0.15) is 46.8 Å². The van der Waals surface area contributed by atoms with Crippen molar-refractivity contribution in [2.45, 2.75) is 44.9 Å². The molecule has 10 nitrogen and oxygen atoms in total. The Morgan fingerprint density at radius 3 is 2.28 bits per heavy atom. The number of hydrogen-bond donors (Lipinski definition) is 1. The van der Waals surface area contributed by atoms with E-state index in [0.29, 0.717) is 30.5 Å². The van der Waals surface area contributed by atoms with Gasteiger partial charge in [0.2, 0.25) is 10.0 Å². The number of nitrogens with one attached hydrogen (secondary N) is 1. The molecule has 4 rings (SSSR count). The highest BCUT2D eigenvalue weighted by atomic mass is 32.2. The summed E-state index contributed by atoms with van der Waals surface area (Å²) in [6, 6.07) is 4.99. The van der Waals surface area contributed by atoms with Gasteiger partial charge >= 0.3 is 0 Å². The molecule has 1 aliphatic heterocycles. The number of carbonyl (C=O) groups is 1. The second-order valence-electron chi connectivity index (χ2n) is 8.12. The monoisotopic (exact) mass is 457 g/mol. The maximum absolute atomic E-state index is 13.1. The van der Waals surface area contributed by atoms with Gasteiger partial charge in [-0.3, -0.25) is 4.79 Å². The number of rotatable bonds is 5. The van der Waals surface area contributed by atoms with Gasteiger partial charge in [-0.1, -0.05) is 6.42 Å². The Bertz CT molecular complexity index is 1250. The molecule has 32 heavy (non-hydrogen) atoms. The average molecular weight is 458 g/mol. The number of anilines is 1. The number of piperidine rings is 1. The molecule has 1 fully saturated rings. The van der Waals surface area contributed by atoms with Crippen LogP contribution in [0.3, 0.4) is 0 Å². The Labute approximate surface area is 187 Å². The van der Waals surface area contributed by atoms with Crippen molar-refractivity contribution in [2.24, 2.45) is 7.05 Å². The SMILES string of the molecule is Cc1cc(C)nc(-n2nc(C)cc2NC(=O)c2cc(S(=O)(=O)N3CCCCC3)cn2C)n1. The van der Waals surface area contributed by atoms with Crippen molar-refractivity contribution in [2.75, 3.05) is 18.4 Å². The fourth-order valence-electron chi connectivity index (χ4n) is 3.88. The van der Waals surface area contributed by atoms with E-state index in [2.05, 4.69) is 20.4 Å². The normalized spacial score (nSPS) is 15.1. The highest BCUT2D eigenvalue weighted by Crippen LogP contribution is 2.23. The molecule has 1 amide bonds. The van der Waals surface area contributed by atoms with Crippen molar-refractivity contribution in [3.63, 3.8) is 0 Å². The van der Waals surface area contributed by atoms with Crippen LogP contribution >= 0.6 is 0 Å². The largest absolute Gasteiger partial charge is 0.345 e. The molecular weight excluding hydrogens is 430 g/mol. The second kappa shape index (κ2) is 8.47. The van der Waals surface area contributed by atoms with Crippen molar-refractivity contribution in [1.29, 1.82) is 0 Å². The number of amides is 1. The Hall–Kier alpha value is -3.05. The van der Waals surface area contributed by atoms with E-state index in [9.17, 15) is 13.2 Å². The van der Waals surface area contributed by atoms with Gasteiger partial charge in [-0.2, -0.15) is 14.1 Å². The molecule has 0 bridgehead atoms. The Morgan fingerprint density at radius 1 is 0.969 bits per heavy atom. The number of nitrogens with zero attached hydrogens (tertiary/aromatic N) is 6. The quantitative estimate of drug-likeness (QED) is 0.629. The van der Waals surface area contributed by atoms with Crippen LogP contribution in [0.5, 0.6) is 0 Å². The Balaban J connectivity index is 1.62. The summed E-state index contributed by atoms with van der Waals surface area (Å²) in [5.74, 6) is 0.309. The zero-order valence-electron chi connectivity index (χ0n) is 18.7. The third kappa shape index (κ3) is 4.30. The molecule has 0 radical (unpaired) electrons. The number of sulfonamides is 1. The third-order valence-electron chi connectivity index (χ3n) is 5.40. The zero-order valence-corrected chi connectivity index (χ0v) is 19.5. The summed E-state index contributed by atoms with van der Waals surface area (Å²) in [6.07, 6.45) is 4.21. The predicted octanol–water partition coefficient (Wildman–Crippen LogP) is 2.35. The van der Waals surface area contributed by atoms with Crippen molar-refractivity contribution in [1.82, 2.24) is 28.6 Å². The average Bonchev–Trinajstić information content (AvgIpc) is 3.31. The summed E-state index contributed by atoms with van der Waals surface area (Å²) in [5.41, 5.74) is 2.48. The molecule has 4 heterocycles. The van der Waals surface area contributed by atoms with Crippen LogP contribution in [0, 0.1) is 20.8 Å². The second-order valence-corrected chi connectivity index (χ2v) is 10.1. The van der Waals surface area contributed by atoms with Crippen molar-refractivity contribution >= 4 is 21.7 Å². The molecule has 3 aromatic rings. The van der Waals surface area contributed by atoms with Gasteiger partial charge in [-0.15, -0.1) is 0 Å². The van der Waals surface area contributed by atoms with Gasteiger partial charge in [0.1, 0.15) is 16.4 Å². The van der Waals surface area contributed by atoms with Gasteiger partial charge in [-0.05, 0) is 45.7 Å². The number of aromatic nitrogens is 5. The molecule has 0 atom stereocenters. The molecule has 0 saturated carbocycles. The van der Waals surface area contributed by atoms with E-state index in [1.165, 1.54) is 25.8 Å². The molecule has 11 heteroatoms. The fourth-order valence-corrected chi connectivity index (χ4v) is 5.47. The first kappa shape index (κ1) is 22.2. The molecular formula is C21H27N7O3S. The maximum Gasteiger partial charge on any atom is 0.273 e. The standard InChI is InChI=1S/C21H27N7O3S/c1-14-10-15(2)23-21(22-14)28-19(11-16(3)25-28)24-20(29)18-12-17(13-26(18)4)32(30,31)27-8-6-5-7-9-27/h10-13H,5-9H2,1-4H3,(H,24,29). The first-order valence-corrected chi connectivity index (χ1v) is 12.0. The van der Waals surface area contributed by atoms with Gasteiger partial charge in [-0.25, -0.2) is 18.4 Å². The summed E-state index contributed by atoms with van der Waals surface area (Å²) < 4.78 is 30.5. The molecule has 0 spiro atoms. The molecule has 1 saturated heterocycles. The Kier molecular flexibility index (Phi) is 5.87. The summed E-state index contributed by atoms with van der Waals surface area (Å²) in [7, 11) is -1.98. The lowest BCUT2D eigenvalue weighted by molar-refractivity contribution is 0.101. The van der Waals surface area contributed by atoms with E-state index in [-0.39, 0.29) is 10.6 Å². The van der Waals surface area contributed by atoms with Crippen LogP contribution < -0.4 is 5.32 Å². The first-order chi connectivity index (χ1) is 15.1. The zero-order chi connectivity index (χ0) is 23.0. The van der Waals surface area contributed by atoms with Crippen molar-refractivity contribution in [3.8, 4) is 5.95 Å². The predicted molar refractivity (Wildman–Crippen MR) is 119 cm³/mol. The minimum atomic E-state index is -3.63. The van der Waals surface area contributed by atoms with E-state index in [1.807, 2.05) is 19.9 Å². The number of hydrogen-bond acceptors (Lipinski definition) is 6. The van der Waals surface area contributed by atoms with Crippen molar-refractivity contribution < 1.29 is 13.2 Å². The summed E-state index contributed by atoms with van der Waals surface area (Å²) >= 11 is 0. The maximum atomic E-state index is 13.1. The summed E-state index contributed by atoms with van der Waals surface area (Å²) in [4.78, 5) is 22.0. The molecule has 0 unspecified atom stereocenters. The van der Waals surface area contributed by atoms with Crippen LogP contribution in [-0.2, 0) is 17.1 Å². The van der Waals surface area contributed by atoms with Crippen molar-refractivity contribution in [3.05, 3.63) is 47.2 Å². The molecule has 0 aliphatic carbocycles. The lowest BCUT2D eigenvalue weighted by Crippen LogP contribution is -2.35. The van der Waals surface area contributed by atoms with E-state index in [4.69, 9.17) is 0 Å². The van der Waals surface area contributed by atoms with Crippen LogP contribution in [0.2, 0.25) is 0 Å². The van der Waals surface area contributed by atoms with E-state index in [0.717, 1.165) is 30.7 Å². The van der Waals surface area contributed by atoms with Gasteiger partial charge in [0.05, 0.1) is 5.69 Å². The van der Waals surface area contributed by atoms with Gasteiger partial charge in [0, 0.05) is 43.8 Å². The van der Waals surface area contributed by atoms with Gasteiger partial charge in [0.15, 0.2) is 0 Å². The van der Waals surface area contributed by atoms with Gasteiger partial charge in [0.25, 0.3) is 11.9 Å². The highest BCUT2D eigenvalue weighted by Gasteiger charge is 2.28. The minimum absolute atomic E-state index is 0.120. The highest BCUT2D eigenvalue weighted by molar-refractivity contribution is 7.89.